The molecule has 5 nitrogen and oxygen atoms in total. The highest BCUT2D eigenvalue weighted by atomic mass is 35.5. The molecule has 7 heteroatoms. The second-order valence-corrected chi connectivity index (χ2v) is 6.85. The van der Waals surface area contributed by atoms with E-state index in [1.807, 2.05) is 48.5 Å². The van der Waals surface area contributed by atoms with Gasteiger partial charge in [0.1, 0.15) is 12.4 Å². The summed E-state index contributed by atoms with van der Waals surface area (Å²) in [6.07, 6.45) is 1.46. The molecule has 3 aromatic rings. The average Bonchev–Trinajstić information content (AvgIpc) is 2.72. The van der Waals surface area contributed by atoms with E-state index >= 15 is 0 Å². The van der Waals surface area contributed by atoms with Crippen LogP contribution < -0.4 is 4.74 Å². The summed E-state index contributed by atoms with van der Waals surface area (Å²) in [5, 5.41) is 13.3. The first kappa shape index (κ1) is 20.7. The second kappa shape index (κ2) is 9.96. The van der Waals surface area contributed by atoms with Gasteiger partial charge >= 0.3 is 5.97 Å². The Kier molecular flexibility index (Phi) is 7.11. The fourth-order valence-corrected chi connectivity index (χ4v) is 3.03. The van der Waals surface area contributed by atoms with Gasteiger partial charge in [0.2, 0.25) is 6.61 Å². The summed E-state index contributed by atoms with van der Waals surface area (Å²) in [5.74, 6) is -0.357. The van der Waals surface area contributed by atoms with Crippen LogP contribution in [0.1, 0.15) is 11.1 Å². The van der Waals surface area contributed by atoms with Gasteiger partial charge in [0.05, 0.1) is 6.21 Å². The van der Waals surface area contributed by atoms with Crippen molar-refractivity contribution < 1.29 is 19.5 Å². The van der Waals surface area contributed by atoms with Crippen molar-refractivity contribution in [1.29, 1.82) is 0 Å². The zero-order chi connectivity index (χ0) is 20.6. The van der Waals surface area contributed by atoms with E-state index in [1.54, 1.807) is 18.2 Å². The van der Waals surface area contributed by atoms with Gasteiger partial charge in [-0.25, -0.2) is 4.79 Å². The molecular weight excluding hydrogens is 413 g/mol. The number of nitrogens with zero attached hydrogens (tertiary/aromatic N) is 1. The van der Waals surface area contributed by atoms with Crippen molar-refractivity contribution in [1.82, 2.24) is 0 Å². The molecule has 0 radical (unpaired) electrons. The van der Waals surface area contributed by atoms with Crippen molar-refractivity contribution in [3.8, 4) is 16.9 Å². The smallest absolute Gasteiger partial charge is 0.344 e. The van der Waals surface area contributed by atoms with Crippen LogP contribution in [0.15, 0.2) is 71.9 Å². The summed E-state index contributed by atoms with van der Waals surface area (Å²) in [7, 11) is 0. The first-order chi connectivity index (χ1) is 14.0. The lowest BCUT2D eigenvalue weighted by molar-refractivity contribution is -0.142. The molecule has 148 valence electrons. The van der Waals surface area contributed by atoms with E-state index in [-0.39, 0.29) is 6.61 Å². The van der Waals surface area contributed by atoms with Gasteiger partial charge < -0.3 is 14.7 Å². The van der Waals surface area contributed by atoms with E-state index in [1.165, 1.54) is 6.21 Å². The number of carbonyl (C=O) groups is 1. The van der Waals surface area contributed by atoms with Gasteiger partial charge in [-0.05, 0) is 41.0 Å². The summed E-state index contributed by atoms with van der Waals surface area (Å²) >= 11 is 12.3. The Morgan fingerprint density at radius 2 is 1.52 bits per heavy atom. The number of hydrogen-bond donors (Lipinski definition) is 1. The molecule has 0 amide bonds. The Labute approximate surface area is 178 Å². The SMILES string of the molecule is O=C(O)CON=Cc1ccc(-c2ccc(OCc3c(Cl)cccc3Cl)cc2)cc1. The fourth-order valence-electron chi connectivity index (χ4n) is 2.52. The summed E-state index contributed by atoms with van der Waals surface area (Å²) in [5.41, 5.74) is 3.60. The molecule has 3 rings (SSSR count). The van der Waals surface area contributed by atoms with E-state index in [9.17, 15) is 4.79 Å². The lowest BCUT2D eigenvalue weighted by Gasteiger charge is -2.10. The van der Waals surface area contributed by atoms with Crippen LogP contribution in [0.4, 0.5) is 0 Å². The highest BCUT2D eigenvalue weighted by Gasteiger charge is 2.06. The quantitative estimate of drug-likeness (QED) is 0.369. The Hall–Kier alpha value is -3.02. The van der Waals surface area contributed by atoms with Crippen molar-refractivity contribution in [2.45, 2.75) is 6.61 Å². The third-order valence-electron chi connectivity index (χ3n) is 4.01. The lowest BCUT2D eigenvalue weighted by atomic mass is 10.0. The van der Waals surface area contributed by atoms with Crippen molar-refractivity contribution >= 4 is 35.4 Å². The number of benzene rings is 3. The van der Waals surface area contributed by atoms with Gasteiger partial charge in [0.15, 0.2) is 0 Å². The zero-order valence-corrected chi connectivity index (χ0v) is 16.7. The molecule has 3 aromatic carbocycles. The predicted molar refractivity (Wildman–Crippen MR) is 114 cm³/mol. The number of rotatable bonds is 8. The Morgan fingerprint density at radius 3 is 2.10 bits per heavy atom. The van der Waals surface area contributed by atoms with Crippen LogP contribution in [0.5, 0.6) is 5.75 Å². The van der Waals surface area contributed by atoms with E-state index in [4.69, 9.17) is 33.0 Å². The molecule has 0 aliphatic heterocycles. The number of carboxylic acid groups (broad SMARTS) is 1. The van der Waals surface area contributed by atoms with Gasteiger partial charge in [-0.15, -0.1) is 0 Å². The van der Waals surface area contributed by atoms with Crippen molar-refractivity contribution in [2.24, 2.45) is 5.16 Å². The molecule has 0 saturated carbocycles. The molecule has 0 fully saturated rings. The van der Waals surface area contributed by atoms with Crippen LogP contribution in [-0.4, -0.2) is 23.9 Å². The van der Waals surface area contributed by atoms with E-state index in [0.717, 1.165) is 22.3 Å². The first-order valence-electron chi connectivity index (χ1n) is 8.66. The number of oxime groups is 1. The molecular formula is C22H17Cl2NO4. The highest BCUT2D eigenvalue weighted by molar-refractivity contribution is 6.35. The highest BCUT2D eigenvalue weighted by Crippen LogP contribution is 2.27. The number of halogens is 2. The summed E-state index contributed by atoms with van der Waals surface area (Å²) in [6, 6.07) is 20.7. The van der Waals surface area contributed by atoms with Gasteiger partial charge in [0, 0.05) is 15.6 Å². The normalized spacial score (nSPS) is 10.8. The number of aliphatic carboxylic acids is 1. The third kappa shape index (κ3) is 5.98. The average molecular weight is 430 g/mol. The molecule has 29 heavy (non-hydrogen) atoms. The Balaban J connectivity index is 1.60. The summed E-state index contributed by atoms with van der Waals surface area (Å²) in [6.45, 7) is -0.179. The van der Waals surface area contributed by atoms with E-state index in [2.05, 4.69) is 9.99 Å². The van der Waals surface area contributed by atoms with Crippen molar-refractivity contribution in [3.05, 3.63) is 87.9 Å². The van der Waals surface area contributed by atoms with Gasteiger partial charge in [-0.1, -0.05) is 70.8 Å². The third-order valence-corrected chi connectivity index (χ3v) is 4.72. The number of carboxylic acids is 1. The van der Waals surface area contributed by atoms with Gasteiger partial charge in [-0.2, -0.15) is 0 Å². The molecule has 0 atom stereocenters. The van der Waals surface area contributed by atoms with Crippen LogP contribution in [0.25, 0.3) is 11.1 Å². The fraction of sp³-hybridized carbons (Fsp3) is 0.0909. The Morgan fingerprint density at radius 1 is 0.931 bits per heavy atom. The molecule has 0 spiro atoms. The van der Waals surface area contributed by atoms with Crippen molar-refractivity contribution in [2.75, 3.05) is 6.61 Å². The molecule has 1 N–H and O–H groups in total. The minimum atomic E-state index is -1.07. The topological polar surface area (TPSA) is 68.1 Å². The van der Waals surface area contributed by atoms with Crippen LogP contribution in [0, 0.1) is 0 Å². The molecule has 0 saturated heterocycles. The standard InChI is InChI=1S/C22H17Cl2NO4/c23-20-2-1-3-21(24)19(20)13-28-18-10-8-17(9-11-18)16-6-4-15(5-7-16)12-25-29-14-22(26)27/h1-12H,13-14H2,(H,26,27). The molecule has 0 bridgehead atoms. The van der Waals surface area contributed by atoms with Gasteiger partial charge in [-0.3, -0.25) is 0 Å². The minimum absolute atomic E-state index is 0.288. The van der Waals surface area contributed by atoms with Crippen LogP contribution in [0.3, 0.4) is 0 Å². The maximum atomic E-state index is 10.4. The van der Waals surface area contributed by atoms with Crippen LogP contribution in [0.2, 0.25) is 10.0 Å². The maximum Gasteiger partial charge on any atom is 0.344 e. The summed E-state index contributed by atoms with van der Waals surface area (Å²) in [4.78, 5) is 15.0. The lowest BCUT2D eigenvalue weighted by Crippen LogP contribution is -2.03. The molecule has 0 unspecified atom stereocenters. The summed E-state index contributed by atoms with van der Waals surface area (Å²) < 4.78 is 5.79. The largest absolute Gasteiger partial charge is 0.489 e. The zero-order valence-electron chi connectivity index (χ0n) is 15.2. The maximum absolute atomic E-state index is 10.4. The minimum Gasteiger partial charge on any atom is -0.489 e. The molecule has 0 aromatic heterocycles. The van der Waals surface area contributed by atoms with Crippen molar-refractivity contribution in [3.63, 3.8) is 0 Å². The number of ether oxygens (including phenoxy) is 1. The van der Waals surface area contributed by atoms with Crippen LogP contribution in [-0.2, 0) is 16.2 Å². The van der Waals surface area contributed by atoms with Crippen LogP contribution >= 0.6 is 23.2 Å². The van der Waals surface area contributed by atoms with E-state index < -0.39 is 12.6 Å². The molecule has 0 heterocycles. The first-order valence-corrected chi connectivity index (χ1v) is 9.42. The van der Waals surface area contributed by atoms with E-state index in [0.29, 0.717) is 15.8 Å². The second-order valence-electron chi connectivity index (χ2n) is 6.04. The molecule has 0 aliphatic rings. The Bertz CT molecular complexity index is 982. The monoisotopic (exact) mass is 429 g/mol. The molecule has 0 aliphatic carbocycles. The predicted octanol–water partition coefficient (Wildman–Crippen LogP) is 5.67. The van der Waals surface area contributed by atoms with Gasteiger partial charge in [0.25, 0.3) is 0 Å². The number of hydrogen-bond acceptors (Lipinski definition) is 4.